The van der Waals surface area contributed by atoms with Crippen LogP contribution in [0.1, 0.15) is 40.7 Å². The molecule has 3 rings (SSSR count). The predicted octanol–water partition coefficient (Wildman–Crippen LogP) is 3.42. The van der Waals surface area contributed by atoms with Crippen LogP contribution in [0.2, 0.25) is 0 Å². The lowest BCUT2D eigenvalue weighted by atomic mass is 9.99. The summed E-state index contributed by atoms with van der Waals surface area (Å²) in [6.07, 6.45) is 3.64. The third-order valence-corrected chi connectivity index (χ3v) is 4.80. The molecule has 0 radical (unpaired) electrons. The third-order valence-electron chi connectivity index (χ3n) is 3.77. The molecule has 1 heterocycles. The third kappa shape index (κ3) is 4.47. The zero-order chi connectivity index (χ0) is 16.2. The molecule has 1 aliphatic rings. The van der Waals surface area contributed by atoms with Gasteiger partial charge in [-0.2, -0.15) is 0 Å². The topological polar surface area (TPSA) is 77.2 Å². The van der Waals surface area contributed by atoms with Gasteiger partial charge >= 0.3 is 0 Å². The lowest BCUT2D eigenvalue weighted by molar-refractivity contribution is 0.102. The Kier molecular flexibility index (Phi) is 6.60. The fraction of sp³-hybridized carbons (Fsp3) is 0.412. The van der Waals surface area contributed by atoms with Crippen LogP contribution in [0, 0.1) is 0 Å². The van der Waals surface area contributed by atoms with E-state index in [1.165, 1.54) is 16.2 Å². The molecule has 2 aromatic rings. The van der Waals surface area contributed by atoms with Crippen molar-refractivity contribution >= 4 is 34.8 Å². The highest BCUT2D eigenvalue weighted by Crippen LogP contribution is 2.29. The molecule has 130 valence electrons. The molecule has 0 bridgehead atoms. The Labute approximate surface area is 152 Å². The highest BCUT2D eigenvalue weighted by Gasteiger charge is 2.21. The Morgan fingerprint density at radius 2 is 2.33 bits per heavy atom. The largest absolute Gasteiger partial charge is 0.494 e. The number of hydrogen-bond donors (Lipinski definition) is 2. The first-order valence-corrected chi connectivity index (χ1v) is 8.75. The maximum atomic E-state index is 12.4. The molecule has 1 amide bonds. The summed E-state index contributed by atoms with van der Waals surface area (Å²) in [6, 6.07) is 7.42. The van der Waals surface area contributed by atoms with Gasteiger partial charge in [-0.15, -0.1) is 23.7 Å². The van der Waals surface area contributed by atoms with E-state index in [9.17, 15) is 4.79 Å². The van der Waals surface area contributed by atoms with Crippen molar-refractivity contribution in [3.05, 3.63) is 40.4 Å². The second-order valence-corrected chi connectivity index (χ2v) is 6.81. The van der Waals surface area contributed by atoms with E-state index in [0.29, 0.717) is 23.1 Å². The van der Waals surface area contributed by atoms with Gasteiger partial charge in [0.1, 0.15) is 5.75 Å². The number of nitrogens with zero attached hydrogens (tertiary/aromatic N) is 1. The van der Waals surface area contributed by atoms with Gasteiger partial charge in [-0.25, -0.2) is 4.98 Å². The fourth-order valence-corrected chi connectivity index (χ4v) is 3.67. The maximum absolute atomic E-state index is 12.4. The number of benzene rings is 1. The van der Waals surface area contributed by atoms with E-state index in [0.717, 1.165) is 31.4 Å². The second kappa shape index (κ2) is 8.46. The number of halogens is 1. The van der Waals surface area contributed by atoms with E-state index in [1.54, 1.807) is 12.1 Å². The van der Waals surface area contributed by atoms with Crippen LogP contribution >= 0.6 is 23.7 Å². The van der Waals surface area contributed by atoms with E-state index in [-0.39, 0.29) is 24.4 Å². The van der Waals surface area contributed by atoms with Crippen molar-refractivity contribution in [3.8, 4) is 5.75 Å². The Morgan fingerprint density at radius 1 is 1.50 bits per heavy atom. The number of hydrogen-bond acceptors (Lipinski definition) is 5. The molecule has 0 unspecified atom stereocenters. The molecule has 0 aliphatic heterocycles. The van der Waals surface area contributed by atoms with E-state index in [4.69, 9.17) is 10.5 Å². The van der Waals surface area contributed by atoms with Crippen LogP contribution in [0.3, 0.4) is 0 Å². The number of carbonyl (C=O) groups is 1. The normalized spacial score (nSPS) is 16.0. The number of aromatic nitrogens is 1. The molecular weight excluding hydrogens is 346 g/mol. The number of nitrogens with two attached hydrogens (primary N) is 1. The van der Waals surface area contributed by atoms with Crippen LogP contribution in [-0.2, 0) is 12.8 Å². The molecule has 0 saturated carbocycles. The predicted molar refractivity (Wildman–Crippen MR) is 99.5 cm³/mol. The van der Waals surface area contributed by atoms with E-state index in [2.05, 4.69) is 10.3 Å². The molecule has 1 aromatic carbocycles. The summed E-state index contributed by atoms with van der Waals surface area (Å²) in [4.78, 5) is 18.1. The Hall–Kier alpha value is -1.63. The van der Waals surface area contributed by atoms with Crippen molar-refractivity contribution in [2.45, 2.75) is 38.6 Å². The number of aryl methyl sites for hydroxylation is 1. The SMILES string of the molecule is CCCOc1cccc(C(=O)Nc2nc3c(s2)C[C@@H](N)CC3)c1.Cl. The van der Waals surface area contributed by atoms with Crippen molar-refractivity contribution in [2.75, 3.05) is 11.9 Å². The molecule has 5 nitrogen and oxygen atoms in total. The minimum absolute atomic E-state index is 0. The van der Waals surface area contributed by atoms with Crippen molar-refractivity contribution in [1.82, 2.24) is 4.98 Å². The number of carbonyl (C=O) groups excluding carboxylic acids is 1. The number of nitrogens with one attached hydrogen (secondary N) is 1. The number of anilines is 1. The molecule has 7 heteroatoms. The Bertz CT molecular complexity index is 705. The number of thiazole rings is 1. The minimum Gasteiger partial charge on any atom is -0.494 e. The zero-order valence-corrected chi connectivity index (χ0v) is 15.2. The number of amides is 1. The average molecular weight is 368 g/mol. The lowest BCUT2D eigenvalue weighted by Crippen LogP contribution is -2.27. The van der Waals surface area contributed by atoms with Crippen LogP contribution in [0.5, 0.6) is 5.75 Å². The molecule has 1 aromatic heterocycles. The van der Waals surface area contributed by atoms with Gasteiger partial charge in [-0.05, 0) is 43.9 Å². The molecule has 24 heavy (non-hydrogen) atoms. The number of rotatable bonds is 5. The molecule has 0 saturated heterocycles. The van der Waals surface area contributed by atoms with Gasteiger partial charge in [-0.1, -0.05) is 13.0 Å². The van der Waals surface area contributed by atoms with Crippen molar-refractivity contribution in [3.63, 3.8) is 0 Å². The molecule has 3 N–H and O–H groups in total. The first-order chi connectivity index (χ1) is 11.2. The van der Waals surface area contributed by atoms with Crippen molar-refractivity contribution < 1.29 is 9.53 Å². The summed E-state index contributed by atoms with van der Waals surface area (Å²) < 4.78 is 5.57. The summed E-state index contributed by atoms with van der Waals surface area (Å²) in [5.74, 6) is 0.547. The zero-order valence-electron chi connectivity index (χ0n) is 13.6. The first kappa shape index (κ1) is 18.7. The summed E-state index contributed by atoms with van der Waals surface area (Å²) >= 11 is 1.53. The van der Waals surface area contributed by atoms with Gasteiger partial charge < -0.3 is 10.5 Å². The van der Waals surface area contributed by atoms with E-state index >= 15 is 0 Å². The van der Waals surface area contributed by atoms with Crippen molar-refractivity contribution in [1.29, 1.82) is 0 Å². The minimum atomic E-state index is -0.164. The Morgan fingerprint density at radius 3 is 3.12 bits per heavy atom. The van der Waals surface area contributed by atoms with Gasteiger partial charge in [0.15, 0.2) is 5.13 Å². The van der Waals surface area contributed by atoms with E-state index in [1.807, 2.05) is 19.1 Å². The van der Waals surface area contributed by atoms with Crippen LogP contribution in [-0.4, -0.2) is 23.5 Å². The smallest absolute Gasteiger partial charge is 0.257 e. The Balaban J connectivity index is 0.00000208. The van der Waals surface area contributed by atoms with Gasteiger partial charge in [0.05, 0.1) is 12.3 Å². The lowest BCUT2D eigenvalue weighted by Gasteiger charge is -2.15. The molecule has 0 spiro atoms. The number of ether oxygens (including phenoxy) is 1. The van der Waals surface area contributed by atoms with Crippen LogP contribution in [0.4, 0.5) is 5.13 Å². The standard InChI is InChI=1S/C17H21N3O2S.ClH/c1-2-8-22-13-5-3-4-11(9-13)16(21)20-17-19-14-7-6-12(18)10-15(14)23-17;/h3-5,9,12H,2,6-8,10,18H2,1H3,(H,19,20,21);1H/t12-;/m0./s1. The van der Waals surface area contributed by atoms with Gasteiger partial charge in [0, 0.05) is 16.5 Å². The molecule has 1 atom stereocenters. The second-order valence-electron chi connectivity index (χ2n) is 5.72. The van der Waals surface area contributed by atoms with Gasteiger partial charge in [0.25, 0.3) is 5.91 Å². The van der Waals surface area contributed by atoms with Crippen LogP contribution in [0.15, 0.2) is 24.3 Å². The highest BCUT2D eigenvalue weighted by molar-refractivity contribution is 7.15. The van der Waals surface area contributed by atoms with Crippen molar-refractivity contribution in [2.24, 2.45) is 5.73 Å². The van der Waals surface area contributed by atoms with Crippen LogP contribution < -0.4 is 15.8 Å². The molecule has 0 fully saturated rings. The molecular formula is C17H22ClN3O2S. The summed E-state index contributed by atoms with van der Waals surface area (Å²) in [6.45, 7) is 2.69. The van der Waals surface area contributed by atoms with Gasteiger partial charge in [-0.3, -0.25) is 10.1 Å². The quantitative estimate of drug-likeness (QED) is 0.848. The average Bonchev–Trinajstić information content (AvgIpc) is 2.94. The monoisotopic (exact) mass is 367 g/mol. The highest BCUT2D eigenvalue weighted by atomic mass is 35.5. The summed E-state index contributed by atoms with van der Waals surface area (Å²) in [7, 11) is 0. The summed E-state index contributed by atoms with van der Waals surface area (Å²) in [5.41, 5.74) is 7.63. The molecule has 1 aliphatic carbocycles. The maximum Gasteiger partial charge on any atom is 0.257 e. The van der Waals surface area contributed by atoms with Crippen LogP contribution in [0.25, 0.3) is 0 Å². The van der Waals surface area contributed by atoms with E-state index < -0.39 is 0 Å². The fourth-order valence-electron chi connectivity index (χ4n) is 2.57. The first-order valence-electron chi connectivity index (χ1n) is 7.94. The van der Waals surface area contributed by atoms with Gasteiger partial charge in [0.2, 0.25) is 0 Å². The number of fused-ring (bicyclic) bond motifs is 1. The summed E-state index contributed by atoms with van der Waals surface area (Å²) in [5, 5.41) is 3.53.